The molecule has 0 spiro atoms. The van der Waals surface area contributed by atoms with Gasteiger partial charge in [-0.1, -0.05) is 13.8 Å². The molecule has 0 aromatic rings. The van der Waals surface area contributed by atoms with Crippen molar-refractivity contribution in [2.75, 3.05) is 13.2 Å². The molecular formula is C10H20N2O2. The van der Waals surface area contributed by atoms with Gasteiger partial charge in [0.2, 0.25) is 0 Å². The van der Waals surface area contributed by atoms with Crippen molar-refractivity contribution >= 4 is 6.09 Å². The summed E-state index contributed by atoms with van der Waals surface area (Å²) in [5.74, 6) is 0.984. The van der Waals surface area contributed by atoms with Gasteiger partial charge in [-0.3, -0.25) is 0 Å². The van der Waals surface area contributed by atoms with E-state index >= 15 is 0 Å². The molecule has 82 valence electrons. The lowest BCUT2D eigenvalue weighted by Gasteiger charge is -2.12. The summed E-state index contributed by atoms with van der Waals surface area (Å²) < 4.78 is 4.95. The largest absolute Gasteiger partial charge is 0.449 e. The molecule has 0 aliphatic heterocycles. The van der Waals surface area contributed by atoms with Crippen LogP contribution in [0.5, 0.6) is 0 Å². The first kappa shape index (κ1) is 11.3. The Balaban J connectivity index is 2.02. The fourth-order valence-corrected chi connectivity index (χ4v) is 1.19. The third-order valence-corrected chi connectivity index (χ3v) is 2.26. The number of alkyl carbamates (subject to hydrolysis) is 1. The first-order chi connectivity index (χ1) is 6.59. The van der Waals surface area contributed by atoms with Crippen LogP contribution in [-0.2, 0) is 4.74 Å². The summed E-state index contributed by atoms with van der Waals surface area (Å²) >= 11 is 0. The maximum atomic E-state index is 11.1. The molecule has 0 heterocycles. The highest BCUT2D eigenvalue weighted by Gasteiger charge is 2.28. The quantitative estimate of drug-likeness (QED) is 0.698. The lowest BCUT2D eigenvalue weighted by atomic mass is 10.2. The number of carbonyl (C=O) groups excluding carboxylic acids is 1. The van der Waals surface area contributed by atoms with Crippen LogP contribution >= 0.6 is 0 Å². The van der Waals surface area contributed by atoms with Gasteiger partial charge >= 0.3 is 6.09 Å². The van der Waals surface area contributed by atoms with E-state index < -0.39 is 0 Å². The van der Waals surface area contributed by atoms with Gasteiger partial charge in [-0.05, 0) is 24.7 Å². The molecule has 1 rings (SSSR count). The normalized spacial score (nSPS) is 18.0. The Hall–Kier alpha value is -0.770. The van der Waals surface area contributed by atoms with Crippen LogP contribution in [0.3, 0.4) is 0 Å². The zero-order chi connectivity index (χ0) is 10.6. The summed E-state index contributed by atoms with van der Waals surface area (Å²) in [7, 11) is 0. The van der Waals surface area contributed by atoms with Crippen molar-refractivity contribution in [3.8, 4) is 0 Å². The molecule has 0 radical (unpaired) electrons. The SMILES string of the molecule is CC(C)COC(=O)NCC(N)C1CC1. The highest BCUT2D eigenvalue weighted by Crippen LogP contribution is 2.31. The fraction of sp³-hybridized carbons (Fsp3) is 0.900. The molecule has 0 saturated heterocycles. The molecule has 4 nitrogen and oxygen atoms in total. The molecular weight excluding hydrogens is 180 g/mol. The van der Waals surface area contributed by atoms with E-state index in [-0.39, 0.29) is 12.1 Å². The minimum atomic E-state index is -0.352. The van der Waals surface area contributed by atoms with Crippen molar-refractivity contribution in [1.29, 1.82) is 0 Å². The highest BCUT2D eigenvalue weighted by molar-refractivity contribution is 5.67. The summed E-state index contributed by atoms with van der Waals surface area (Å²) in [4.78, 5) is 11.1. The van der Waals surface area contributed by atoms with E-state index in [0.29, 0.717) is 25.0 Å². The molecule has 4 heteroatoms. The highest BCUT2D eigenvalue weighted by atomic mass is 16.5. The van der Waals surface area contributed by atoms with E-state index in [9.17, 15) is 4.79 Å². The molecule has 0 aromatic carbocycles. The van der Waals surface area contributed by atoms with Crippen LogP contribution in [0.2, 0.25) is 0 Å². The zero-order valence-electron chi connectivity index (χ0n) is 8.95. The van der Waals surface area contributed by atoms with Gasteiger partial charge in [-0.25, -0.2) is 4.79 Å². The molecule has 1 aliphatic rings. The molecule has 3 N–H and O–H groups in total. The van der Waals surface area contributed by atoms with Crippen molar-refractivity contribution in [3.05, 3.63) is 0 Å². The van der Waals surface area contributed by atoms with Crippen molar-refractivity contribution < 1.29 is 9.53 Å². The second kappa shape index (κ2) is 5.20. The predicted molar refractivity (Wildman–Crippen MR) is 54.9 cm³/mol. The average molecular weight is 200 g/mol. The molecule has 0 aromatic heterocycles. The van der Waals surface area contributed by atoms with Crippen LogP contribution in [0.4, 0.5) is 4.79 Å². The number of carbonyl (C=O) groups is 1. The summed E-state index contributed by atoms with van der Waals surface area (Å²) in [6.07, 6.45) is 2.04. The number of hydrogen-bond donors (Lipinski definition) is 2. The topological polar surface area (TPSA) is 64.3 Å². The third-order valence-electron chi connectivity index (χ3n) is 2.26. The Bertz CT molecular complexity index is 191. The molecule has 1 aliphatic carbocycles. The van der Waals surface area contributed by atoms with Crippen LogP contribution in [0.1, 0.15) is 26.7 Å². The number of nitrogens with one attached hydrogen (secondary N) is 1. The zero-order valence-corrected chi connectivity index (χ0v) is 8.95. The second-order valence-corrected chi connectivity index (χ2v) is 4.37. The van der Waals surface area contributed by atoms with Crippen LogP contribution in [0, 0.1) is 11.8 Å². The summed E-state index contributed by atoms with van der Waals surface area (Å²) in [5.41, 5.74) is 5.81. The first-order valence-corrected chi connectivity index (χ1v) is 5.25. The second-order valence-electron chi connectivity index (χ2n) is 4.37. The summed E-state index contributed by atoms with van der Waals surface area (Å²) in [6, 6.07) is 0.0987. The van der Waals surface area contributed by atoms with Gasteiger partial charge in [-0.15, -0.1) is 0 Å². The molecule has 1 atom stereocenters. The van der Waals surface area contributed by atoms with Gasteiger partial charge in [0, 0.05) is 12.6 Å². The Kier molecular flexibility index (Phi) is 4.20. The van der Waals surface area contributed by atoms with Gasteiger partial charge in [0.1, 0.15) is 0 Å². The van der Waals surface area contributed by atoms with E-state index in [1.54, 1.807) is 0 Å². The number of amides is 1. The maximum absolute atomic E-state index is 11.1. The van der Waals surface area contributed by atoms with Crippen LogP contribution < -0.4 is 11.1 Å². The lowest BCUT2D eigenvalue weighted by molar-refractivity contribution is 0.132. The van der Waals surface area contributed by atoms with Crippen LogP contribution in [0.25, 0.3) is 0 Å². The average Bonchev–Trinajstić information content (AvgIpc) is 2.93. The van der Waals surface area contributed by atoms with Crippen molar-refractivity contribution in [2.24, 2.45) is 17.6 Å². The smallest absolute Gasteiger partial charge is 0.407 e. The summed E-state index contributed by atoms with van der Waals surface area (Å²) in [6.45, 7) is 5.00. The minimum absolute atomic E-state index is 0.0987. The summed E-state index contributed by atoms with van der Waals surface area (Å²) in [5, 5.41) is 2.67. The Morgan fingerprint density at radius 1 is 1.57 bits per heavy atom. The van der Waals surface area contributed by atoms with Gasteiger partial charge < -0.3 is 15.8 Å². The van der Waals surface area contributed by atoms with Gasteiger partial charge in [0.25, 0.3) is 0 Å². The standard InChI is InChI=1S/C10H20N2O2/c1-7(2)6-14-10(13)12-5-9(11)8-3-4-8/h7-9H,3-6,11H2,1-2H3,(H,12,13). The van der Waals surface area contributed by atoms with Gasteiger partial charge in [0.05, 0.1) is 6.61 Å². The number of nitrogens with two attached hydrogens (primary N) is 1. The number of hydrogen-bond acceptors (Lipinski definition) is 3. The fourth-order valence-electron chi connectivity index (χ4n) is 1.19. The van der Waals surface area contributed by atoms with E-state index in [1.807, 2.05) is 13.8 Å². The molecule has 1 saturated carbocycles. The van der Waals surface area contributed by atoms with Gasteiger partial charge in [0.15, 0.2) is 0 Å². The van der Waals surface area contributed by atoms with E-state index in [1.165, 1.54) is 12.8 Å². The van der Waals surface area contributed by atoms with Crippen LogP contribution in [-0.4, -0.2) is 25.3 Å². The molecule has 1 amide bonds. The Morgan fingerprint density at radius 2 is 2.21 bits per heavy atom. The molecule has 0 bridgehead atoms. The lowest BCUT2D eigenvalue weighted by Crippen LogP contribution is -2.39. The Labute approximate surface area is 85.2 Å². The monoisotopic (exact) mass is 200 g/mol. The number of ether oxygens (including phenoxy) is 1. The third kappa shape index (κ3) is 4.46. The van der Waals surface area contributed by atoms with E-state index in [4.69, 9.17) is 10.5 Å². The number of rotatable bonds is 5. The van der Waals surface area contributed by atoms with Crippen molar-refractivity contribution in [3.63, 3.8) is 0 Å². The van der Waals surface area contributed by atoms with Gasteiger partial charge in [-0.2, -0.15) is 0 Å². The Morgan fingerprint density at radius 3 is 2.71 bits per heavy atom. The molecule has 14 heavy (non-hydrogen) atoms. The van der Waals surface area contributed by atoms with Crippen molar-refractivity contribution in [2.45, 2.75) is 32.7 Å². The van der Waals surface area contributed by atoms with E-state index in [2.05, 4.69) is 5.32 Å². The molecule has 1 unspecified atom stereocenters. The van der Waals surface area contributed by atoms with Crippen molar-refractivity contribution in [1.82, 2.24) is 5.32 Å². The molecule has 1 fully saturated rings. The predicted octanol–water partition coefficient (Wildman–Crippen LogP) is 1.11. The minimum Gasteiger partial charge on any atom is -0.449 e. The van der Waals surface area contributed by atoms with Crippen LogP contribution in [0.15, 0.2) is 0 Å². The van der Waals surface area contributed by atoms with E-state index in [0.717, 1.165) is 0 Å². The first-order valence-electron chi connectivity index (χ1n) is 5.25. The maximum Gasteiger partial charge on any atom is 0.407 e.